The number of likely N-dealkylation sites (N-methyl/N-ethyl adjacent to an activating group) is 1. The molecule has 1 aliphatic rings. The third kappa shape index (κ3) is 5.82. The van der Waals surface area contributed by atoms with E-state index in [1.54, 1.807) is 0 Å². The molecular formula is C13H28N2O2. The lowest BCUT2D eigenvalue weighted by Crippen LogP contribution is -2.45. The molecule has 1 saturated heterocycles. The van der Waals surface area contributed by atoms with Crippen molar-refractivity contribution in [1.82, 2.24) is 10.2 Å². The molecule has 2 unspecified atom stereocenters. The Morgan fingerprint density at radius 3 is 2.82 bits per heavy atom. The van der Waals surface area contributed by atoms with Gasteiger partial charge in [-0.3, -0.25) is 4.90 Å². The number of aliphatic hydroxyl groups excluding tert-OH is 1. The van der Waals surface area contributed by atoms with Crippen LogP contribution in [0.4, 0.5) is 0 Å². The summed E-state index contributed by atoms with van der Waals surface area (Å²) in [6.07, 6.45) is 3.89. The summed E-state index contributed by atoms with van der Waals surface area (Å²) in [5.74, 6) is 0. The summed E-state index contributed by atoms with van der Waals surface area (Å²) in [5, 5.41) is 12.7. The summed E-state index contributed by atoms with van der Waals surface area (Å²) >= 11 is 0. The highest BCUT2D eigenvalue weighted by atomic mass is 16.5. The van der Waals surface area contributed by atoms with E-state index >= 15 is 0 Å². The van der Waals surface area contributed by atoms with Gasteiger partial charge in [-0.2, -0.15) is 0 Å². The van der Waals surface area contributed by atoms with Crippen LogP contribution < -0.4 is 5.32 Å². The summed E-state index contributed by atoms with van der Waals surface area (Å²) < 4.78 is 5.66. The van der Waals surface area contributed by atoms with Crippen LogP contribution in [0.2, 0.25) is 0 Å². The third-order valence-electron chi connectivity index (χ3n) is 3.32. The molecule has 0 aromatic carbocycles. The Kier molecular flexibility index (Phi) is 7.77. The van der Waals surface area contributed by atoms with Crippen molar-refractivity contribution >= 4 is 0 Å². The zero-order valence-electron chi connectivity index (χ0n) is 11.3. The maximum absolute atomic E-state index is 9.34. The molecule has 0 saturated carbocycles. The number of hydrogen-bond acceptors (Lipinski definition) is 4. The fourth-order valence-electron chi connectivity index (χ4n) is 2.26. The maximum atomic E-state index is 9.34. The summed E-state index contributed by atoms with van der Waals surface area (Å²) in [6.45, 7) is 9.34. The number of rotatable bonds is 9. The largest absolute Gasteiger partial charge is 0.395 e. The fourth-order valence-corrected chi connectivity index (χ4v) is 2.26. The van der Waals surface area contributed by atoms with Gasteiger partial charge in [0.15, 0.2) is 0 Å². The Morgan fingerprint density at radius 2 is 2.29 bits per heavy atom. The predicted molar refractivity (Wildman–Crippen MR) is 70.3 cm³/mol. The molecular weight excluding hydrogens is 216 g/mol. The number of nitrogens with zero attached hydrogens (tertiary/aromatic N) is 1. The van der Waals surface area contributed by atoms with Crippen molar-refractivity contribution in [2.45, 2.75) is 45.3 Å². The second kappa shape index (κ2) is 8.86. The van der Waals surface area contributed by atoms with Crippen molar-refractivity contribution in [3.05, 3.63) is 0 Å². The SMILES string of the molecule is CCCNC(CO)CN(CC)CC1CCCO1. The van der Waals surface area contributed by atoms with Crippen molar-refractivity contribution in [2.75, 3.05) is 39.4 Å². The topological polar surface area (TPSA) is 44.7 Å². The Morgan fingerprint density at radius 1 is 1.47 bits per heavy atom. The molecule has 2 atom stereocenters. The number of hydrogen-bond donors (Lipinski definition) is 2. The first-order valence-electron chi connectivity index (χ1n) is 6.98. The minimum atomic E-state index is 0.191. The standard InChI is InChI=1S/C13H28N2O2/c1-3-7-14-12(11-16)9-15(4-2)10-13-6-5-8-17-13/h12-14,16H,3-11H2,1-2H3. The average Bonchev–Trinajstić information content (AvgIpc) is 2.85. The van der Waals surface area contributed by atoms with E-state index in [1.807, 2.05) is 0 Å². The van der Waals surface area contributed by atoms with Crippen LogP contribution in [0.15, 0.2) is 0 Å². The van der Waals surface area contributed by atoms with Gasteiger partial charge in [-0.15, -0.1) is 0 Å². The van der Waals surface area contributed by atoms with Crippen LogP contribution in [0.3, 0.4) is 0 Å². The van der Waals surface area contributed by atoms with Crippen LogP contribution in [-0.4, -0.2) is 61.5 Å². The van der Waals surface area contributed by atoms with E-state index in [1.165, 1.54) is 12.8 Å². The molecule has 0 aliphatic carbocycles. The summed E-state index contributed by atoms with van der Waals surface area (Å²) in [5.41, 5.74) is 0. The summed E-state index contributed by atoms with van der Waals surface area (Å²) in [4.78, 5) is 2.37. The van der Waals surface area contributed by atoms with Gasteiger partial charge in [0, 0.05) is 25.7 Å². The first kappa shape index (κ1) is 14.9. The Hall–Kier alpha value is -0.160. The molecule has 1 rings (SSSR count). The van der Waals surface area contributed by atoms with E-state index in [2.05, 4.69) is 24.1 Å². The molecule has 1 heterocycles. The van der Waals surface area contributed by atoms with E-state index in [4.69, 9.17) is 4.74 Å². The average molecular weight is 244 g/mol. The minimum Gasteiger partial charge on any atom is -0.395 e. The van der Waals surface area contributed by atoms with Crippen LogP contribution in [0.1, 0.15) is 33.1 Å². The van der Waals surface area contributed by atoms with Gasteiger partial charge in [0.1, 0.15) is 0 Å². The number of nitrogens with one attached hydrogen (secondary N) is 1. The predicted octanol–water partition coefficient (Wildman–Crippen LogP) is 0.848. The van der Waals surface area contributed by atoms with Gasteiger partial charge in [-0.1, -0.05) is 13.8 Å². The Bertz CT molecular complexity index is 184. The first-order chi connectivity index (χ1) is 8.30. The highest BCUT2D eigenvalue weighted by Crippen LogP contribution is 2.13. The van der Waals surface area contributed by atoms with Crippen molar-refractivity contribution in [2.24, 2.45) is 0 Å². The lowest BCUT2D eigenvalue weighted by molar-refractivity contribution is 0.0679. The van der Waals surface area contributed by atoms with E-state index in [0.717, 1.165) is 39.2 Å². The molecule has 2 N–H and O–H groups in total. The van der Waals surface area contributed by atoms with Crippen molar-refractivity contribution in [1.29, 1.82) is 0 Å². The van der Waals surface area contributed by atoms with Crippen molar-refractivity contribution in [3.8, 4) is 0 Å². The molecule has 1 aliphatic heterocycles. The number of aliphatic hydroxyl groups is 1. The molecule has 0 spiro atoms. The first-order valence-corrected chi connectivity index (χ1v) is 6.98. The van der Waals surface area contributed by atoms with Gasteiger partial charge in [-0.05, 0) is 32.4 Å². The van der Waals surface area contributed by atoms with Crippen molar-refractivity contribution < 1.29 is 9.84 Å². The van der Waals surface area contributed by atoms with E-state index in [0.29, 0.717) is 6.10 Å². The third-order valence-corrected chi connectivity index (χ3v) is 3.32. The quantitative estimate of drug-likeness (QED) is 0.631. The van der Waals surface area contributed by atoms with Gasteiger partial charge in [-0.25, -0.2) is 0 Å². The van der Waals surface area contributed by atoms with Gasteiger partial charge in [0.05, 0.1) is 12.7 Å². The second-order valence-corrected chi connectivity index (χ2v) is 4.82. The zero-order chi connectivity index (χ0) is 12.5. The lowest BCUT2D eigenvalue weighted by Gasteiger charge is -2.28. The molecule has 0 radical (unpaired) electrons. The second-order valence-electron chi connectivity index (χ2n) is 4.82. The van der Waals surface area contributed by atoms with Gasteiger partial charge < -0.3 is 15.2 Å². The van der Waals surface area contributed by atoms with Gasteiger partial charge in [0.2, 0.25) is 0 Å². The van der Waals surface area contributed by atoms with Crippen LogP contribution in [-0.2, 0) is 4.74 Å². The maximum Gasteiger partial charge on any atom is 0.0702 e. The molecule has 102 valence electrons. The van der Waals surface area contributed by atoms with E-state index < -0.39 is 0 Å². The van der Waals surface area contributed by atoms with Crippen molar-refractivity contribution in [3.63, 3.8) is 0 Å². The molecule has 0 bridgehead atoms. The summed E-state index contributed by atoms with van der Waals surface area (Å²) in [6, 6.07) is 0.191. The Balaban J connectivity index is 2.27. The van der Waals surface area contributed by atoms with Gasteiger partial charge in [0.25, 0.3) is 0 Å². The monoisotopic (exact) mass is 244 g/mol. The van der Waals surface area contributed by atoms with Crippen LogP contribution >= 0.6 is 0 Å². The molecule has 0 aromatic heterocycles. The smallest absolute Gasteiger partial charge is 0.0702 e. The van der Waals surface area contributed by atoms with Crippen LogP contribution in [0.25, 0.3) is 0 Å². The summed E-state index contributed by atoms with van der Waals surface area (Å²) in [7, 11) is 0. The van der Waals surface area contributed by atoms with Crippen LogP contribution in [0, 0.1) is 0 Å². The fraction of sp³-hybridized carbons (Fsp3) is 1.00. The minimum absolute atomic E-state index is 0.191. The molecule has 4 nitrogen and oxygen atoms in total. The molecule has 17 heavy (non-hydrogen) atoms. The molecule has 0 amide bonds. The number of ether oxygens (including phenoxy) is 1. The normalized spacial score (nSPS) is 22.2. The van der Waals surface area contributed by atoms with Crippen LogP contribution in [0.5, 0.6) is 0 Å². The molecule has 4 heteroatoms. The molecule has 1 fully saturated rings. The highest BCUT2D eigenvalue weighted by Gasteiger charge is 2.20. The lowest BCUT2D eigenvalue weighted by atomic mass is 10.2. The molecule has 0 aromatic rings. The highest BCUT2D eigenvalue weighted by molar-refractivity contribution is 4.75. The van der Waals surface area contributed by atoms with Gasteiger partial charge >= 0.3 is 0 Å². The van der Waals surface area contributed by atoms with E-state index in [-0.39, 0.29) is 12.6 Å². The van der Waals surface area contributed by atoms with E-state index in [9.17, 15) is 5.11 Å². The Labute approximate surface area is 105 Å². The zero-order valence-corrected chi connectivity index (χ0v) is 11.3.